The van der Waals surface area contributed by atoms with E-state index in [1.165, 1.54) is 0 Å². The summed E-state index contributed by atoms with van der Waals surface area (Å²) in [6.45, 7) is 6.44. The first-order valence-electron chi connectivity index (χ1n) is 6.11. The van der Waals surface area contributed by atoms with Gasteiger partial charge in [-0.05, 0) is 20.8 Å². The Morgan fingerprint density at radius 2 is 2.28 bits per heavy atom. The summed E-state index contributed by atoms with van der Waals surface area (Å²) >= 11 is 0. The maximum atomic E-state index is 11.9. The third-order valence-electron chi connectivity index (χ3n) is 2.98. The van der Waals surface area contributed by atoms with Crippen molar-refractivity contribution in [2.24, 2.45) is 0 Å². The van der Waals surface area contributed by atoms with Gasteiger partial charge in [-0.1, -0.05) is 5.92 Å². The fraction of sp³-hybridized carbons (Fsp3) is 0.769. The van der Waals surface area contributed by atoms with E-state index in [2.05, 4.69) is 5.92 Å². The molecule has 1 amide bonds. The van der Waals surface area contributed by atoms with Crippen LogP contribution in [0, 0.1) is 12.3 Å². The van der Waals surface area contributed by atoms with Gasteiger partial charge in [-0.15, -0.1) is 6.42 Å². The van der Waals surface area contributed by atoms with Crippen LogP contribution >= 0.6 is 0 Å². The van der Waals surface area contributed by atoms with Gasteiger partial charge in [-0.25, -0.2) is 9.78 Å². The van der Waals surface area contributed by atoms with E-state index in [4.69, 9.17) is 20.9 Å². The van der Waals surface area contributed by atoms with E-state index in [-0.39, 0.29) is 18.6 Å². The zero-order chi connectivity index (χ0) is 13.4. The summed E-state index contributed by atoms with van der Waals surface area (Å²) in [5.74, 6) is 2.48. The lowest BCUT2D eigenvalue weighted by atomic mass is 10.1. The van der Waals surface area contributed by atoms with Gasteiger partial charge in [0, 0.05) is 12.8 Å². The molecule has 0 aromatic rings. The maximum Gasteiger partial charge on any atom is 0.225 e. The van der Waals surface area contributed by atoms with Gasteiger partial charge in [0.1, 0.15) is 6.10 Å². The normalized spacial score (nSPS) is 31.6. The van der Waals surface area contributed by atoms with E-state index < -0.39 is 11.3 Å². The van der Waals surface area contributed by atoms with Gasteiger partial charge in [-0.3, -0.25) is 9.69 Å². The Kier molecular flexibility index (Phi) is 3.37. The number of likely N-dealkylation sites (tertiary alicyclic amines) is 1. The quantitative estimate of drug-likeness (QED) is 0.326. The average Bonchev–Trinajstić information content (AvgIpc) is 3.06. The minimum absolute atomic E-state index is 0.0130. The number of carbonyl (C=O) groups excluding carboxylic acids is 1. The van der Waals surface area contributed by atoms with Crippen molar-refractivity contribution >= 4 is 5.91 Å². The number of epoxide rings is 1. The highest BCUT2D eigenvalue weighted by molar-refractivity contribution is 5.80. The molecule has 18 heavy (non-hydrogen) atoms. The van der Waals surface area contributed by atoms with Gasteiger partial charge in [-0.2, -0.15) is 0 Å². The first-order valence-corrected chi connectivity index (χ1v) is 6.11. The molecule has 0 saturated carbocycles. The first kappa shape index (κ1) is 13.3. The second-order valence-electron chi connectivity index (χ2n) is 5.63. The molecule has 0 unspecified atom stereocenters. The molecule has 2 rings (SSSR count). The third-order valence-corrected chi connectivity index (χ3v) is 2.98. The fourth-order valence-electron chi connectivity index (χ4n) is 2.06. The monoisotopic (exact) mass is 253 g/mol. The molecule has 2 aliphatic heterocycles. The van der Waals surface area contributed by atoms with Crippen LogP contribution in [0.4, 0.5) is 0 Å². The van der Waals surface area contributed by atoms with Crippen LogP contribution in [-0.2, 0) is 19.3 Å². The number of ether oxygens (including phenoxy) is 1. The molecule has 0 spiro atoms. The molecule has 0 aromatic carbocycles. The summed E-state index contributed by atoms with van der Waals surface area (Å²) < 4.78 is 5.32. The minimum Gasteiger partial charge on any atom is -0.368 e. The highest BCUT2D eigenvalue weighted by atomic mass is 17.2. The second-order valence-corrected chi connectivity index (χ2v) is 5.63. The Bertz CT molecular complexity index is 377. The zero-order valence-corrected chi connectivity index (χ0v) is 11.1. The van der Waals surface area contributed by atoms with Crippen molar-refractivity contribution in [2.45, 2.75) is 51.0 Å². The van der Waals surface area contributed by atoms with Crippen molar-refractivity contribution < 1.29 is 19.3 Å². The summed E-state index contributed by atoms with van der Waals surface area (Å²) in [6, 6.07) is 0. The van der Waals surface area contributed by atoms with Crippen molar-refractivity contribution in [3.63, 3.8) is 0 Å². The number of nitrogens with zero attached hydrogens (tertiary/aromatic N) is 1. The number of hydrogen-bond donors (Lipinski definition) is 0. The predicted molar refractivity (Wildman–Crippen MR) is 64.2 cm³/mol. The summed E-state index contributed by atoms with van der Waals surface area (Å²) in [6.07, 6.45) is 6.14. The van der Waals surface area contributed by atoms with Gasteiger partial charge in [0.05, 0.1) is 18.8 Å². The van der Waals surface area contributed by atoms with Crippen LogP contribution in [0.15, 0.2) is 0 Å². The van der Waals surface area contributed by atoms with Crippen LogP contribution < -0.4 is 0 Å². The summed E-state index contributed by atoms with van der Waals surface area (Å²) in [4.78, 5) is 24.4. The Hall–Kier alpha value is -1.09. The van der Waals surface area contributed by atoms with E-state index >= 15 is 0 Å². The van der Waals surface area contributed by atoms with Gasteiger partial charge in [0.2, 0.25) is 11.6 Å². The second kappa shape index (κ2) is 4.54. The van der Waals surface area contributed by atoms with Crippen molar-refractivity contribution in [3.05, 3.63) is 0 Å². The standard InChI is InChI=1S/C13H19NO4/c1-5-8-14-11(15)6-7-13(14,10-9-16-10)18-17-12(2,3)4/h1,10H,6-9H2,2-4H3/t10-,13+/m0/s1. The smallest absolute Gasteiger partial charge is 0.225 e. The molecule has 2 aliphatic rings. The largest absolute Gasteiger partial charge is 0.368 e. The number of rotatable bonds is 4. The molecule has 2 heterocycles. The maximum absolute atomic E-state index is 11.9. The van der Waals surface area contributed by atoms with Crippen LogP contribution in [-0.4, -0.2) is 41.4 Å². The number of amides is 1. The predicted octanol–water partition coefficient (Wildman–Crippen LogP) is 1.08. The SMILES string of the molecule is C#CCN1C(=O)CC[C@@]1(OOC(C)(C)C)[C@@H]1CO1. The lowest BCUT2D eigenvalue weighted by Crippen LogP contribution is -2.53. The molecule has 2 fully saturated rings. The van der Waals surface area contributed by atoms with Crippen LogP contribution in [0.3, 0.4) is 0 Å². The molecule has 0 aliphatic carbocycles. The van der Waals surface area contributed by atoms with E-state index in [0.717, 1.165) is 0 Å². The van der Waals surface area contributed by atoms with Gasteiger partial charge < -0.3 is 4.74 Å². The fourth-order valence-corrected chi connectivity index (χ4v) is 2.06. The molecule has 2 atom stereocenters. The van der Waals surface area contributed by atoms with Gasteiger partial charge in [0.25, 0.3) is 0 Å². The highest BCUT2D eigenvalue weighted by Gasteiger charge is 2.59. The Labute approximate surface area is 107 Å². The van der Waals surface area contributed by atoms with Crippen LogP contribution in [0.25, 0.3) is 0 Å². The van der Waals surface area contributed by atoms with Crippen molar-refractivity contribution in [1.29, 1.82) is 0 Å². The molecule has 2 saturated heterocycles. The van der Waals surface area contributed by atoms with Crippen molar-refractivity contribution in [2.75, 3.05) is 13.2 Å². The number of terminal acetylenes is 1. The Balaban J connectivity index is 2.16. The van der Waals surface area contributed by atoms with Crippen LogP contribution in [0.2, 0.25) is 0 Å². The van der Waals surface area contributed by atoms with E-state index in [0.29, 0.717) is 19.4 Å². The number of hydrogen-bond acceptors (Lipinski definition) is 4. The third kappa shape index (κ3) is 2.51. The first-order chi connectivity index (χ1) is 8.39. The average molecular weight is 253 g/mol. The van der Waals surface area contributed by atoms with E-state index in [1.807, 2.05) is 20.8 Å². The minimum atomic E-state index is -0.850. The summed E-state index contributed by atoms with van der Waals surface area (Å²) in [5.41, 5.74) is -1.30. The summed E-state index contributed by atoms with van der Waals surface area (Å²) in [5, 5.41) is 0. The number of carbonyl (C=O) groups is 1. The van der Waals surface area contributed by atoms with Crippen LogP contribution in [0.5, 0.6) is 0 Å². The van der Waals surface area contributed by atoms with E-state index in [9.17, 15) is 4.79 Å². The summed E-state index contributed by atoms with van der Waals surface area (Å²) in [7, 11) is 0. The molecule has 5 heteroatoms. The van der Waals surface area contributed by atoms with Gasteiger partial charge in [0.15, 0.2) is 0 Å². The molecule has 5 nitrogen and oxygen atoms in total. The zero-order valence-electron chi connectivity index (χ0n) is 11.1. The van der Waals surface area contributed by atoms with Crippen molar-refractivity contribution in [1.82, 2.24) is 4.90 Å². The molecule has 0 N–H and O–H groups in total. The molecule has 0 aromatic heterocycles. The molecule has 100 valence electrons. The highest BCUT2D eigenvalue weighted by Crippen LogP contribution is 2.41. The lowest BCUT2D eigenvalue weighted by Gasteiger charge is -2.36. The molecular weight excluding hydrogens is 234 g/mol. The topological polar surface area (TPSA) is 51.3 Å². The molecule has 0 bridgehead atoms. The van der Waals surface area contributed by atoms with Crippen LogP contribution in [0.1, 0.15) is 33.6 Å². The van der Waals surface area contributed by atoms with E-state index in [1.54, 1.807) is 4.90 Å². The van der Waals surface area contributed by atoms with Gasteiger partial charge >= 0.3 is 0 Å². The lowest BCUT2D eigenvalue weighted by molar-refractivity contribution is -0.427. The molecular formula is C13H19NO4. The molecule has 0 radical (unpaired) electrons. The Morgan fingerprint density at radius 1 is 1.61 bits per heavy atom. The van der Waals surface area contributed by atoms with Crippen molar-refractivity contribution in [3.8, 4) is 12.3 Å². The Morgan fingerprint density at radius 3 is 2.78 bits per heavy atom.